The van der Waals surface area contributed by atoms with Gasteiger partial charge in [0, 0.05) is 240 Å². The Morgan fingerprint density at radius 2 is 0.644 bits per heavy atom. The van der Waals surface area contributed by atoms with Gasteiger partial charge in [0.1, 0.15) is 122 Å². The first-order chi connectivity index (χ1) is 72.2. The van der Waals surface area contributed by atoms with Crippen LogP contribution in [0.15, 0.2) is 309 Å². The van der Waals surface area contributed by atoms with E-state index in [4.69, 9.17) is 56.0 Å². The molecule has 0 spiro atoms. The van der Waals surface area contributed by atoms with Gasteiger partial charge in [0.15, 0.2) is 37.2 Å². The van der Waals surface area contributed by atoms with Gasteiger partial charge in [0.25, 0.3) is 0 Å². The van der Waals surface area contributed by atoms with Crippen LogP contribution in [0.4, 0.5) is 22.7 Å². The van der Waals surface area contributed by atoms with Gasteiger partial charge >= 0.3 is 0 Å². The van der Waals surface area contributed by atoms with Crippen molar-refractivity contribution >= 4 is 141 Å². The molecule has 16 heterocycles. The number of fused-ring (bicyclic) bond motifs is 6. The summed E-state index contributed by atoms with van der Waals surface area (Å²) in [4.78, 5) is 14.6. The number of nitrogens with zero attached hydrogens (tertiary/aromatic N) is 17. The second-order valence-corrected chi connectivity index (χ2v) is 41.2. The first kappa shape index (κ1) is 102. The van der Waals surface area contributed by atoms with E-state index in [-0.39, 0.29) is 23.3 Å². The van der Waals surface area contributed by atoms with Gasteiger partial charge in [-0.1, -0.05) is 96.0 Å². The maximum atomic E-state index is 14.8. The highest BCUT2D eigenvalue weighted by Crippen LogP contribution is 2.37. The Hall–Kier alpha value is -15.4. The number of benzene rings is 6. The van der Waals surface area contributed by atoms with Crippen molar-refractivity contribution in [2.45, 2.75) is 116 Å². The highest BCUT2D eigenvalue weighted by Gasteiger charge is 2.29. The number of hydrogen-bond acceptors (Lipinski definition) is 8. The average Bonchev–Trinajstić information content (AvgIpc) is 1.69. The summed E-state index contributed by atoms with van der Waals surface area (Å²) < 4.78 is 83.7. The van der Waals surface area contributed by atoms with Crippen molar-refractivity contribution < 1.29 is 45.0 Å². The molecule has 3 aliphatic heterocycles. The molecule has 19 aromatic rings. The number of nitrogens with one attached hydrogen (secondary N) is 5. The van der Waals surface area contributed by atoms with Crippen molar-refractivity contribution in [2.75, 3.05) is 39.3 Å². The third-order valence-corrected chi connectivity index (χ3v) is 30.3. The molecule has 5 aliphatic rings. The molecule has 24 rings (SSSR count). The highest BCUT2D eigenvalue weighted by atomic mass is 35.5. The van der Waals surface area contributed by atoms with E-state index < -0.39 is 0 Å². The number of aryl methyl sites for hydroxylation is 6. The molecule has 0 atom stereocenters. The van der Waals surface area contributed by atoms with Crippen LogP contribution in [-0.2, 0) is 81.6 Å². The minimum Gasteiger partial charge on any atom is -0.383 e. The summed E-state index contributed by atoms with van der Waals surface area (Å²) in [5.41, 5.74) is 29.8. The van der Waals surface area contributed by atoms with Crippen molar-refractivity contribution in [1.29, 1.82) is 27.0 Å². The van der Waals surface area contributed by atoms with E-state index in [1.807, 2.05) is 220 Å². The largest absolute Gasteiger partial charge is 0.383 e. The zero-order chi connectivity index (χ0) is 104. The Morgan fingerprint density at radius 1 is 0.349 bits per heavy atom. The van der Waals surface area contributed by atoms with Gasteiger partial charge in [0.05, 0.1) is 26.2 Å². The van der Waals surface area contributed by atoms with Crippen LogP contribution in [0.25, 0.3) is 66.2 Å². The molecule has 3 saturated heterocycles. The molecule has 149 heavy (non-hydrogen) atoms. The normalized spacial score (nSPS) is 13.9. The molecule has 0 amide bonds. The fourth-order valence-electron chi connectivity index (χ4n) is 20.0. The monoisotopic (exact) mass is 2050 g/mol. The molecule has 0 unspecified atom stereocenters. The van der Waals surface area contributed by atoms with E-state index in [1.54, 1.807) is 18.3 Å². The molecule has 13 aromatic heterocycles. The Labute approximate surface area is 878 Å². The minimum atomic E-state index is -0.362. The fraction of sp³-hybridized carbons (Fsp3) is 0.269. The Morgan fingerprint density at radius 3 is 0.987 bits per heavy atom. The molecule has 2 aliphatic carbocycles. The number of aromatic nitrogens is 13. The standard InChI is InChI=1S/C20H21ClFN4.C20H20ClFN3.C20H22FN4.C20H21FN3.C20H23N4.C19H18N5S/c1-24-7-4-5-19-18(24)6-10-26(19)13-15-16(21)11-14(12-17(15)22)20(23)25-8-2-3-9-25;1-24-7-2-3-20-19(24)6-8-25(20)12-15-16(21)10-14(11-17(15)22)18(23)9-13-4-5-13;1-23-9-4-5-19-18(23)8-12-25(19)14-16-7-6-15(13-17(16)21)20(22)24-10-2-3-11-24;1-23-9-2-3-20-19(23)8-10-24(20)13-16-7-6-15(12-17(16)21)18(22)11-14-4-5-14;1-22-11-4-5-19-18(22)10-14-24(19)15-16-6-8-17(9-7-16)20(21)23-12-2-3-13-23;1-23-10-2-3-17-16(23)8-11-24(17)13-14-4-6-15(7-5-14)18(20)22-19-21-9-12-25-19/h4-7,10-12,23H,2-3,8-9,13H2,1H3;2-3,6-8,10-11,13,23H,4-5,9,12H2,1H3;4-9,12-13,22H,2-3,10-11,14H2,1H3;2-3,6-10,12,14,22H,4-5,11,13H2,1H3;4-11,14,21H,2-3,12-13,15H2,1H3;2-12H,13H2,1H3,(H2,20,21,22)/q6*+1. The number of halogens is 6. The Bertz CT molecular complexity index is 8140. The summed E-state index contributed by atoms with van der Waals surface area (Å²) in [5.74, 6) is 2.00. The van der Waals surface area contributed by atoms with Gasteiger partial charge in [-0.15, -0.1) is 11.3 Å². The minimum absolute atomic E-state index is 0.227. The summed E-state index contributed by atoms with van der Waals surface area (Å²) in [5, 5.41) is 44.5. The molecule has 30 heteroatoms. The molecule has 0 radical (unpaired) electrons. The van der Waals surface area contributed by atoms with Crippen LogP contribution >= 0.6 is 34.5 Å². The maximum absolute atomic E-state index is 14.8. The first-order valence-corrected chi connectivity index (χ1v) is 52.6. The maximum Gasteiger partial charge on any atom is 0.230 e. The number of aliphatic imine (C=N–C) groups is 1. The van der Waals surface area contributed by atoms with Crippen molar-refractivity contribution in [3.8, 4) is 0 Å². The molecule has 2 saturated carbocycles. The number of nitrogens with two attached hydrogens (primary N) is 1. The number of rotatable bonds is 23. The van der Waals surface area contributed by atoms with Crippen LogP contribution < -0.4 is 33.1 Å². The van der Waals surface area contributed by atoms with E-state index in [2.05, 4.69) is 163 Å². The summed E-state index contributed by atoms with van der Waals surface area (Å²) in [6, 6.07) is 70.3. The number of thiazole rings is 1. The van der Waals surface area contributed by atoms with Crippen molar-refractivity contribution in [1.82, 2.24) is 47.1 Å². The quantitative estimate of drug-likeness (QED) is 0.0158. The van der Waals surface area contributed by atoms with Gasteiger partial charge < -0.3 is 58.7 Å². The van der Waals surface area contributed by atoms with E-state index >= 15 is 0 Å². The van der Waals surface area contributed by atoms with Gasteiger partial charge in [-0.25, -0.2) is 27.5 Å². The average molecular weight is 2060 g/mol. The predicted octanol–water partition coefficient (Wildman–Crippen LogP) is 21.0. The van der Waals surface area contributed by atoms with Crippen LogP contribution in [-0.4, -0.2) is 121 Å². The van der Waals surface area contributed by atoms with Crippen LogP contribution in [0.5, 0.6) is 0 Å². The molecule has 23 nitrogen and oxygen atoms in total. The van der Waals surface area contributed by atoms with Gasteiger partial charge in [-0.05, 0) is 184 Å². The van der Waals surface area contributed by atoms with E-state index in [9.17, 15) is 17.6 Å². The third-order valence-electron chi connectivity index (χ3n) is 29.0. The molecule has 758 valence electrons. The lowest BCUT2D eigenvalue weighted by atomic mass is 10.0. The predicted molar refractivity (Wildman–Crippen MR) is 586 cm³/mol. The number of likely N-dealkylation sites (tertiary alicyclic amines) is 3. The first-order valence-electron chi connectivity index (χ1n) is 51.0. The lowest BCUT2D eigenvalue weighted by molar-refractivity contribution is -0.645. The molecule has 6 aromatic carbocycles. The van der Waals surface area contributed by atoms with Crippen LogP contribution in [0.3, 0.4) is 0 Å². The zero-order valence-corrected chi connectivity index (χ0v) is 87.2. The summed E-state index contributed by atoms with van der Waals surface area (Å²) in [7, 11) is 12.1. The molecule has 7 N–H and O–H groups in total. The molecule has 5 fully saturated rings. The third kappa shape index (κ3) is 24.1. The summed E-state index contributed by atoms with van der Waals surface area (Å²) >= 11 is 14.3. The van der Waals surface area contributed by atoms with E-state index in [0.29, 0.717) is 139 Å². The lowest BCUT2D eigenvalue weighted by Crippen LogP contribution is -2.28. The lowest BCUT2D eigenvalue weighted by Gasteiger charge is -2.19. The highest BCUT2D eigenvalue weighted by molar-refractivity contribution is 7.13. The summed E-state index contributed by atoms with van der Waals surface area (Å²) in [6.45, 7) is 8.92. The van der Waals surface area contributed by atoms with Crippen LogP contribution in [0.2, 0.25) is 10.0 Å². The molecular weight excluding hydrogens is 1930 g/mol. The number of hydrogen-bond donors (Lipinski definition) is 6. The topological polar surface area (TPSA) is 233 Å². The van der Waals surface area contributed by atoms with Crippen molar-refractivity contribution in [3.05, 3.63) is 404 Å². The second-order valence-electron chi connectivity index (χ2n) is 39.5. The van der Waals surface area contributed by atoms with Gasteiger partial charge in [-0.2, -0.15) is 27.4 Å². The van der Waals surface area contributed by atoms with Crippen LogP contribution in [0, 0.1) is 62.2 Å². The van der Waals surface area contributed by atoms with Crippen LogP contribution in [0.1, 0.15) is 144 Å². The van der Waals surface area contributed by atoms with E-state index in [0.717, 1.165) is 140 Å². The molecular formula is C119H125Cl2F4N23S+6. The number of pyridine rings is 6. The second kappa shape index (κ2) is 45.9. The van der Waals surface area contributed by atoms with Crippen molar-refractivity contribution in [3.63, 3.8) is 0 Å². The van der Waals surface area contributed by atoms with Crippen molar-refractivity contribution in [2.24, 2.45) is 64.8 Å². The smallest absolute Gasteiger partial charge is 0.230 e. The Balaban J connectivity index is 0.000000112. The van der Waals surface area contributed by atoms with E-state index in [1.165, 1.54) is 107 Å². The number of amidine groups is 4. The van der Waals surface area contributed by atoms with Gasteiger partial charge in [0.2, 0.25) is 38.2 Å². The zero-order valence-electron chi connectivity index (χ0n) is 84.8. The molecule has 0 bridgehead atoms. The summed E-state index contributed by atoms with van der Waals surface area (Å²) in [6.07, 6.45) is 39.0. The Kier molecular flexibility index (Phi) is 31.5. The SMILES string of the molecule is C[n+]1cccc2c1ccn2Cc1c(F)cc(C(=N)CC2CC2)cc1Cl.C[n+]1cccc2c1ccn2Cc1c(F)cc(C(=N)N2CCCC2)cc1Cl.C[n+]1cccc2c1ccn2Cc1ccc(C(=N)CC2CC2)cc1F.C[n+]1cccc2c1ccn2Cc1ccc(C(=N)N2CCCC2)cc1.C[n+]1cccc2c1ccn2Cc1ccc(C(=N)N2CCCC2)cc1F.C[n+]1cccc2c1ccn2Cc1ccc(C(N)=Nc2nccs2)cc1. The van der Waals surface area contributed by atoms with Gasteiger partial charge in [-0.3, -0.25) is 16.2 Å². The fourth-order valence-corrected chi connectivity index (χ4v) is 21.1.